The van der Waals surface area contributed by atoms with Crippen molar-refractivity contribution in [3.05, 3.63) is 255 Å². The molecule has 0 atom stereocenters. The van der Waals surface area contributed by atoms with E-state index in [-0.39, 0.29) is 0 Å². The first kappa shape index (κ1) is 39.3. The van der Waals surface area contributed by atoms with Gasteiger partial charge in [0.25, 0.3) is 0 Å². The number of para-hydroxylation sites is 3. The van der Waals surface area contributed by atoms with Crippen LogP contribution in [0.2, 0.25) is 0 Å². The maximum atomic E-state index is 5.27. The van der Waals surface area contributed by atoms with Crippen molar-refractivity contribution in [2.45, 2.75) is 0 Å². The minimum atomic E-state index is 0.680. The minimum absolute atomic E-state index is 0.680. The van der Waals surface area contributed by atoms with Gasteiger partial charge in [0.15, 0.2) is 5.82 Å². The molecule has 0 spiro atoms. The Hall–Kier alpha value is -9.12. The van der Waals surface area contributed by atoms with Gasteiger partial charge in [-0.1, -0.05) is 194 Å². The molecule has 13 rings (SSSR count). The van der Waals surface area contributed by atoms with E-state index in [2.05, 4.69) is 264 Å². The molecule has 10 aromatic carbocycles. The van der Waals surface area contributed by atoms with Gasteiger partial charge in [-0.2, -0.15) is 0 Å². The third kappa shape index (κ3) is 6.86. The molecule has 0 fully saturated rings. The fraction of sp³-hybridized carbons (Fsp3) is 0. The van der Waals surface area contributed by atoms with Gasteiger partial charge in [-0.05, 0) is 94.0 Å². The molecule has 0 aliphatic rings. The summed E-state index contributed by atoms with van der Waals surface area (Å²) < 4.78 is 4.79. The first-order valence-corrected chi connectivity index (χ1v) is 23.1. The number of fused-ring (bicyclic) bond motifs is 6. The molecule has 4 nitrogen and oxygen atoms in total. The smallest absolute Gasteiger partial charge is 0.160 e. The molecule has 13 aromatic rings. The van der Waals surface area contributed by atoms with Crippen LogP contribution in [0.1, 0.15) is 0 Å². The van der Waals surface area contributed by atoms with Crippen LogP contribution in [0.15, 0.2) is 255 Å². The van der Waals surface area contributed by atoms with E-state index in [1.54, 1.807) is 0 Å². The molecule has 0 saturated carbocycles. The van der Waals surface area contributed by atoms with Crippen LogP contribution >= 0.6 is 0 Å². The van der Waals surface area contributed by atoms with E-state index in [0.29, 0.717) is 5.82 Å². The second-order valence-corrected chi connectivity index (χ2v) is 17.4. The van der Waals surface area contributed by atoms with E-state index < -0.39 is 0 Å². The average molecular weight is 867 g/mol. The molecule has 0 aliphatic heterocycles. The van der Waals surface area contributed by atoms with E-state index in [4.69, 9.17) is 9.97 Å². The van der Waals surface area contributed by atoms with Crippen molar-refractivity contribution in [1.82, 2.24) is 19.1 Å². The van der Waals surface area contributed by atoms with Crippen molar-refractivity contribution in [3.8, 4) is 78.7 Å². The van der Waals surface area contributed by atoms with Crippen LogP contribution in [0.25, 0.3) is 122 Å². The summed E-state index contributed by atoms with van der Waals surface area (Å²) in [5.41, 5.74) is 18.7. The van der Waals surface area contributed by atoms with Gasteiger partial charge in [-0.25, -0.2) is 9.97 Å². The highest BCUT2D eigenvalue weighted by Gasteiger charge is 2.18. The van der Waals surface area contributed by atoms with Crippen molar-refractivity contribution in [3.63, 3.8) is 0 Å². The first-order chi connectivity index (χ1) is 33.7. The van der Waals surface area contributed by atoms with Gasteiger partial charge in [0.1, 0.15) is 0 Å². The van der Waals surface area contributed by atoms with E-state index >= 15 is 0 Å². The molecule has 4 heteroatoms. The van der Waals surface area contributed by atoms with Crippen LogP contribution in [-0.4, -0.2) is 19.1 Å². The fourth-order valence-corrected chi connectivity index (χ4v) is 10.0. The van der Waals surface area contributed by atoms with Crippen molar-refractivity contribution in [2.75, 3.05) is 0 Å². The summed E-state index contributed by atoms with van der Waals surface area (Å²) in [6.07, 6.45) is 0. The van der Waals surface area contributed by atoms with E-state index in [1.807, 2.05) is 0 Å². The number of rotatable bonds is 8. The van der Waals surface area contributed by atoms with Gasteiger partial charge in [0.2, 0.25) is 0 Å². The Bertz CT molecular complexity index is 3840. The van der Waals surface area contributed by atoms with Crippen molar-refractivity contribution in [2.24, 2.45) is 0 Å². The highest BCUT2D eigenvalue weighted by molar-refractivity contribution is 6.11. The Morgan fingerprint density at radius 3 is 1.12 bits per heavy atom. The van der Waals surface area contributed by atoms with Crippen LogP contribution < -0.4 is 0 Å². The third-order valence-corrected chi connectivity index (χ3v) is 13.4. The SMILES string of the molecule is c1ccc(-c2ccc(-c3cc(-c4ccc(-c5ccccc5)cc4)nc(-c4cccc(-c5ccc6c(c5)c5ccccc5n6-c5cccc(-n6c7ccccc7c7ccccc76)c5)c4)n3)cc2)cc1. The molecular formula is C64H42N4. The standard InChI is InChI=1S/C64H42N4/c1-3-15-43(16-4-1)45-29-33-47(34-30-45)58-42-59(48-35-31-46(32-36-48)44-17-5-2-6-18-44)66-64(65-58)51-20-13-19-49(39-51)50-37-38-63-57(40-50)56-25-9-12-28-62(56)68(63)53-22-14-21-52(41-53)67-60-26-10-7-23-54(60)55-24-8-11-27-61(55)67/h1-42H. The molecule has 0 aliphatic carbocycles. The van der Waals surface area contributed by atoms with Crippen LogP contribution in [0.5, 0.6) is 0 Å². The molecule has 0 bridgehead atoms. The molecule has 68 heavy (non-hydrogen) atoms. The molecule has 3 aromatic heterocycles. The van der Waals surface area contributed by atoms with Gasteiger partial charge in [-0.15, -0.1) is 0 Å². The molecule has 3 heterocycles. The fourth-order valence-electron chi connectivity index (χ4n) is 10.0. The molecule has 0 N–H and O–H groups in total. The highest BCUT2D eigenvalue weighted by atomic mass is 15.0. The number of hydrogen-bond donors (Lipinski definition) is 0. The summed E-state index contributed by atoms with van der Waals surface area (Å²) in [5, 5.41) is 4.91. The van der Waals surface area contributed by atoms with Crippen LogP contribution in [0.3, 0.4) is 0 Å². The molecule has 0 unspecified atom stereocenters. The molecule has 318 valence electrons. The lowest BCUT2D eigenvalue weighted by molar-refractivity contribution is 1.13. The van der Waals surface area contributed by atoms with Gasteiger partial charge < -0.3 is 9.13 Å². The monoisotopic (exact) mass is 866 g/mol. The summed E-state index contributed by atoms with van der Waals surface area (Å²) >= 11 is 0. The van der Waals surface area contributed by atoms with Gasteiger partial charge >= 0.3 is 0 Å². The number of nitrogens with zero attached hydrogens (tertiary/aromatic N) is 4. The zero-order chi connectivity index (χ0) is 45.0. The van der Waals surface area contributed by atoms with Crippen LogP contribution in [0, 0.1) is 0 Å². The largest absolute Gasteiger partial charge is 0.309 e. The molecule has 0 radical (unpaired) electrons. The highest BCUT2D eigenvalue weighted by Crippen LogP contribution is 2.38. The number of hydrogen-bond acceptors (Lipinski definition) is 2. The quantitative estimate of drug-likeness (QED) is 0.153. The van der Waals surface area contributed by atoms with Crippen molar-refractivity contribution < 1.29 is 0 Å². The topological polar surface area (TPSA) is 35.6 Å². The van der Waals surface area contributed by atoms with E-state index in [1.165, 1.54) is 60.3 Å². The second-order valence-electron chi connectivity index (χ2n) is 17.4. The summed E-state index contributed by atoms with van der Waals surface area (Å²) in [6.45, 7) is 0. The van der Waals surface area contributed by atoms with E-state index in [0.717, 1.165) is 56.1 Å². The third-order valence-electron chi connectivity index (χ3n) is 13.4. The molecular weight excluding hydrogens is 825 g/mol. The normalized spacial score (nSPS) is 11.5. The lowest BCUT2D eigenvalue weighted by atomic mass is 9.99. The Morgan fingerprint density at radius 1 is 0.221 bits per heavy atom. The van der Waals surface area contributed by atoms with Crippen LogP contribution in [-0.2, 0) is 0 Å². The van der Waals surface area contributed by atoms with Gasteiger partial charge in [-0.3, -0.25) is 0 Å². The predicted octanol–water partition coefficient (Wildman–Crippen LogP) is 16.7. The van der Waals surface area contributed by atoms with Gasteiger partial charge in [0.05, 0.1) is 33.5 Å². The van der Waals surface area contributed by atoms with Crippen LogP contribution in [0.4, 0.5) is 0 Å². The summed E-state index contributed by atoms with van der Waals surface area (Å²) in [4.78, 5) is 10.5. The molecule has 0 amide bonds. The lowest BCUT2D eigenvalue weighted by Gasteiger charge is -2.13. The Kier molecular flexibility index (Phi) is 9.47. The second kappa shape index (κ2) is 16.4. The Morgan fingerprint density at radius 2 is 0.588 bits per heavy atom. The zero-order valence-corrected chi connectivity index (χ0v) is 37.0. The van der Waals surface area contributed by atoms with Crippen molar-refractivity contribution >= 4 is 43.6 Å². The lowest BCUT2D eigenvalue weighted by Crippen LogP contribution is -1.98. The Labute approximate surface area is 394 Å². The average Bonchev–Trinajstić information content (AvgIpc) is 3.94. The molecule has 0 saturated heterocycles. The Balaban J connectivity index is 0.901. The maximum Gasteiger partial charge on any atom is 0.160 e. The number of aromatic nitrogens is 4. The summed E-state index contributed by atoms with van der Waals surface area (Å²) in [6, 6.07) is 91.1. The first-order valence-electron chi connectivity index (χ1n) is 23.1. The van der Waals surface area contributed by atoms with E-state index in [9.17, 15) is 0 Å². The maximum absolute atomic E-state index is 5.27. The summed E-state index contributed by atoms with van der Waals surface area (Å²) in [7, 11) is 0. The zero-order valence-electron chi connectivity index (χ0n) is 37.0. The van der Waals surface area contributed by atoms with Crippen molar-refractivity contribution in [1.29, 1.82) is 0 Å². The minimum Gasteiger partial charge on any atom is -0.309 e. The number of benzene rings is 10. The predicted molar refractivity (Wildman–Crippen MR) is 283 cm³/mol. The summed E-state index contributed by atoms with van der Waals surface area (Å²) in [5.74, 6) is 0.680. The van der Waals surface area contributed by atoms with Gasteiger partial charge in [0, 0.05) is 49.6 Å².